The van der Waals surface area contributed by atoms with Gasteiger partial charge in [-0.1, -0.05) is 36.4 Å². The van der Waals surface area contributed by atoms with Gasteiger partial charge < -0.3 is 9.47 Å². The third-order valence-electron chi connectivity index (χ3n) is 3.88. The van der Waals surface area contributed by atoms with Gasteiger partial charge in [0, 0.05) is 5.75 Å². The van der Waals surface area contributed by atoms with Crippen LogP contribution in [0.15, 0.2) is 48.5 Å². The van der Waals surface area contributed by atoms with Crippen molar-refractivity contribution in [3.05, 3.63) is 59.7 Å². The quantitative estimate of drug-likeness (QED) is 0.787. The maximum absolute atomic E-state index is 12.1. The molecule has 0 saturated heterocycles. The summed E-state index contributed by atoms with van der Waals surface area (Å²) in [6.07, 6.45) is -0.801. The Kier molecular flexibility index (Phi) is 6.01. The number of para-hydroxylation sites is 2. The van der Waals surface area contributed by atoms with Crippen LogP contribution in [0, 0.1) is 6.92 Å². The molecule has 136 valence electrons. The van der Waals surface area contributed by atoms with Crippen LogP contribution in [-0.4, -0.2) is 30.3 Å². The van der Waals surface area contributed by atoms with Gasteiger partial charge in [-0.25, -0.2) is 0 Å². The van der Waals surface area contributed by atoms with Gasteiger partial charge in [-0.3, -0.25) is 20.4 Å². The molecule has 1 atom stereocenters. The summed E-state index contributed by atoms with van der Waals surface area (Å²) in [6.45, 7) is 2.14. The summed E-state index contributed by atoms with van der Waals surface area (Å²) in [7, 11) is 0. The first-order valence-electron chi connectivity index (χ1n) is 8.23. The van der Waals surface area contributed by atoms with Crippen molar-refractivity contribution in [3.8, 4) is 11.5 Å². The first-order chi connectivity index (χ1) is 12.6. The zero-order valence-electron chi connectivity index (χ0n) is 14.4. The predicted molar refractivity (Wildman–Crippen MR) is 100.0 cm³/mol. The Morgan fingerprint density at radius 3 is 2.62 bits per heavy atom. The molecule has 6 nitrogen and oxygen atoms in total. The molecule has 26 heavy (non-hydrogen) atoms. The summed E-state index contributed by atoms with van der Waals surface area (Å²) in [5, 5.41) is 0. The molecule has 2 aromatic carbocycles. The lowest BCUT2D eigenvalue weighted by molar-refractivity contribution is -0.134. The molecule has 1 heterocycles. The number of rotatable bonds is 5. The van der Waals surface area contributed by atoms with Crippen LogP contribution in [0.4, 0.5) is 0 Å². The van der Waals surface area contributed by atoms with Gasteiger partial charge in [0.1, 0.15) is 6.61 Å². The Morgan fingerprint density at radius 2 is 1.81 bits per heavy atom. The highest BCUT2D eigenvalue weighted by Gasteiger charge is 2.27. The average molecular weight is 372 g/mol. The molecule has 0 spiro atoms. The number of hydrogen-bond donors (Lipinski definition) is 2. The molecular formula is C19H20N2O4S. The standard InChI is InChI=1S/C19H20N2O4S/c1-13-6-2-3-7-14(13)11-26-12-18(22)20-21-19(23)17-10-24-15-8-4-5-9-16(15)25-17/h2-9,17H,10-12H2,1H3,(H,20,22)(H,21,23)/t17-/m0/s1. The highest BCUT2D eigenvalue weighted by atomic mass is 32.2. The number of carbonyl (C=O) groups excluding carboxylic acids is 2. The van der Waals surface area contributed by atoms with E-state index in [4.69, 9.17) is 9.47 Å². The molecule has 3 rings (SSSR count). The molecule has 7 heteroatoms. The fraction of sp³-hybridized carbons (Fsp3) is 0.263. The van der Waals surface area contributed by atoms with Crippen molar-refractivity contribution in [1.29, 1.82) is 0 Å². The molecule has 0 aliphatic carbocycles. The SMILES string of the molecule is Cc1ccccc1CSCC(=O)NNC(=O)[C@@H]1COc2ccccc2O1. The number of carbonyl (C=O) groups is 2. The minimum absolute atomic E-state index is 0.0980. The van der Waals surface area contributed by atoms with Gasteiger partial charge in [0.2, 0.25) is 12.0 Å². The molecule has 0 unspecified atom stereocenters. The number of thioether (sulfide) groups is 1. The third kappa shape index (κ3) is 4.70. The molecule has 1 aliphatic rings. The van der Waals surface area contributed by atoms with E-state index in [9.17, 15) is 9.59 Å². The number of hydrazine groups is 1. The van der Waals surface area contributed by atoms with Crippen LogP contribution in [0.2, 0.25) is 0 Å². The molecule has 0 saturated carbocycles. The van der Waals surface area contributed by atoms with E-state index in [2.05, 4.69) is 10.9 Å². The number of benzene rings is 2. The van der Waals surface area contributed by atoms with Gasteiger partial charge >= 0.3 is 0 Å². The summed E-state index contributed by atoms with van der Waals surface area (Å²) in [5.74, 6) is 1.39. The summed E-state index contributed by atoms with van der Waals surface area (Å²) in [4.78, 5) is 24.0. The van der Waals surface area contributed by atoms with E-state index in [-0.39, 0.29) is 18.3 Å². The Labute approximate surface area is 156 Å². The second-order valence-corrected chi connectivity index (χ2v) is 6.81. The van der Waals surface area contributed by atoms with Crippen LogP contribution < -0.4 is 20.3 Å². The largest absolute Gasteiger partial charge is 0.485 e. The number of nitrogens with one attached hydrogen (secondary N) is 2. The van der Waals surface area contributed by atoms with Crippen molar-refractivity contribution in [3.63, 3.8) is 0 Å². The van der Waals surface area contributed by atoms with Crippen LogP contribution in [-0.2, 0) is 15.3 Å². The van der Waals surface area contributed by atoms with Crippen molar-refractivity contribution < 1.29 is 19.1 Å². The number of aryl methyl sites for hydroxylation is 1. The highest BCUT2D eigenvalue weighted by molar-refractivity contribution is 7.99. The molecule has 2 amide bonds. The summed E-state index contributed by atoms with van der Waals surface area (Å²) >= 11 is 1.49. The second-order valence-electron chi connectivity index (χ2n) is 5.82. The van der Waals surface area contributed by atoms with E-state index < -0.39 is 12.0 Å². The first-order valence-corrected chi connectivity index (χ1v) is 9.38. The van der Waals surface area contributed by atoms with Gasteiger partial charge in [0.05, 0.1) is 5.75 Å². The topological polar surface area (TPSA) is 76.7 Å². The Balaban J connectivity index is 1.39. The van der Waals surface area contributed by atoms with Crippen molar-refractivity contribution >= 4 is 23.6 Å². The third-order valence-corrected chi connectivity index (χ3v) is 4.86. The predicted octanol–water partition coefficient (Wildman–Crippen LogP) is 2.22. The Hall–Kier alpha value is -2.67. The van der Waals surface area contributed by atoms with E-state index >= 15 is 0 Å². The molecule has 2 N–H and O–H groups in total. The van der Waals surface area contributed by atoms with E-state index in [0.29, 0.717) is 11.5 Å². The minimum Gasteiger partial charge on any atom is -0.485 e. The van der Waals surface area contributed by atoms with Gasteiger partial charge in [0.15, 0.2) is 11.5 Å². The number of ether oxygens (including phenoxy) is 2. The normalized spacial score (nSPS) is 15.2. The van der Waals surface area contributed by atoms with E-state index in [0.717, 1.165) is 5.75 Å². The van der Waals surface area contributed by atoms with Crippen molar-refractivity contribution in [1.82, 2.24) is 10.9 Å². The Morgan fingerprint density at radius 1 is 1.08 bits per heavy atom. The average Bonchev–Trinajstić information content (AvgIpc) is 2.67. The summed E-state index contributed by atoms with van der Waals surface area (Å²) in [6, 6.07) is 15.2. The number of hydrogen-bond acceptors (Lipinski definition) is 5. The molecule has 0 fully saturated rings. The zero-order valence-corrected chi connectivity index (χ0v) is 15.2. The minimum atomic E-state index is -0.801. The zero-order chi connectivity index (χ0) is 18.4. The second kappa shape index (κ2) is 8.62. The van der Waals surface area contributed by atoms with E-state index in [1.807, 2.05) is 37.3 Å². The van der Waals surface area contributed by atoms with Crippen LogP contribution in [0.1, 0.15) is 11.1 Å². The maximum atomic E-state index is 12.1. The lowest BCUT2D eigenvalue weighted by Gasteiger charge is -2.25. The van der Waals surface area contributed by atoms with Crippen LogP contribution in [0.25, 0.3) is 0 Å². The smallest absolute Gasteiger partial charge is 0.283 e. The fourth-order valence-corrected chi connectivity index (χ4v) is 3.33. The Bertz CT molecular complexity index is 797. The molecule has 0 aromatic heterocycles. The lowest BCUT2D eigenvalue weighted by Crippen LogP contribution is -2.51. The summed E-state index contributed by atoms with van der Waals surface area (Å²) < 4.78 is 11.1. The van der Waals surface area contributed by atoms with E-state index in [1.54, 1.807) is 18.2 Å². The van der Waals surface area contributed by atoms with Gasteiger partial charge in [0.25, 0.3) is 5.91 Å². The molecular weight excluding hydrogens is 352 g/mol. The number of amides is 2. The number of fused-ring (bicyclic) bond motifs is 1. The van der Waals surface area contributed by atoms with Crippen LogP contribution >= 0.6 is 11.8 Å². The highest BCUT2D eigenvalue weighted by Crippen LogP contribution is 2.30. The molecule has 0 bridgehead atoms. The van der Waals surface area contributed by atoms with Crippen molar-refractivity contribution in [2.24, 2.45) is 0 Å². The van der Waals surface area contributed by atoms with Crippen LogP contribution in [0.5, 0.6) is 11.5 Å². The van der Waals surface area contributed by atoms with Gasteiger partial charge in [-0.15, -0.1) is 11.8 Å². The lowest BCUT2D eigenvalue weighted by atomic mass is 10.1. The molecule has 1 aliphatic heterocycles. The van der Waals surface area contributed by atoms with E-state index in [1.165, 1.54) is 22.9 Å². The van der Waals surface area contributed by atoms with Gasteiger partial charge in [-0.2, -0.15) is 0 Å². The molecule has 2 aromatic rings. The van der Waals surface area contributed by atoms with Crippen LogP contribution in [0.3, 0.4) is 0 Å². The van der Waals surface area contributed by atoms with Crippen molar-refractivity contribution in [2.75, 3.05) is 12.4 Å². The summed E-state index contributed by atoms with van der Waals surface area (Å²) in [5.41, 5.74) is 7.19. The molecule has 0 radical (unpaired) electrons. The van der Waals surface area contributed by atoms with Gasteiger partial charge in [-0.05, 0) is 30.2 Å². The van der Waals surface area contributed by atoms with Crippen molar-refractivity contribution in [2.45, 2.75) is 18.8 Å². The fourth-order valence-electron chi connectivity index (χ4n) is 2.42. The maximum Gasteiger partial charge on any atom is 0.283 e. The monoisotopic (exact) mass is 372 g/mol. The first kappa shape index (κ1) is 18.1.